The molecule has 1 fully saturated rings. The molecule has 1 aromatic carbocycles. The second-order valence-corrected chi connectivity index (χ2v) is 7.05. The summed E-state index contributed by atoms with van der Waals surface area (Å²) in [5.74, 6) is 0.600. The van der Waals surface area contributed by atoms with Crippen LogP contribution in [0.15, 0.2) is 30.6 Å². The van der Waals surface area contributed by atoms with E-state index in [-0.39, 0.29) is 5.91 Å². The van der Waals surface area contributed by atoms with Crippen molar-refractivity contribution >= 4 is 5.91 Å². The maximum absolute atomic E-state index is 12.3. The van der Waals surface area contributed by atoms with Gasteiger partial charge in [0.2, 0.25) is 0 Å². The molecule has 1 heterocycles. The Labute approximate surface area is 148 Å². The lowest BCUT2D eigenvalue weighted by molar-refractivity contribution is 0.0938. The van der Waals surface area contributed by atoms with Crippen molar-refractivity contribution in [1.82, 2.24) is 30.4 Å². The van der Waals surface area contributed by atoms with Crippen molar-refractivity contribution in [2.75, 3.05) is 20.6 Å². The molecule has 0 radical (unpaired) electrons. The van der Waals surface area contributed by atoms with Gasteiger partial charge in [0.15, 0.2) is 0 Å². The zero-order valence-electron chi connectivity index (χ0n) is 14.9. The standard InChI is InChI=1S/C18H26N6O/c1-23(2)17-9-5-14(6-10-17)11-19-18(25)16-7-3-15(4-8-16)12-24-13-20-21-22-24/h3-4,7-8,13-14,17H,5-6,9-12H2,1-2H3,(H,19,25). The minimum Gasteiger partial charge on any atom is -0.352 e. The summed E-state index contributed by atoms with van der Waals surface area (Å²) in [4.78, 5) is 14.6. The van der Waals surface area contributed by atoms with Crippen LogP contribution in [0.2, 0.25) is 0 Å². The Hall–Kier alpha value is -2.28. The number of amides is 1. The zero-order valence-corrected chi connectivity index (χ0v) is 14.9. The van der Waals surface area contributed by atoms with Crippen molar-refractivity contribution in [1.29, 1.82) is 0 Å². The van der Waals surface area contributed by atoms with Gasteiger partial charge in [-0.15, -0.1) is 5.10 Å². The smallest absolute Gasteiger partial charge is 0.251 e. The average molecular weight is 342 g/mol. The van der Waals surface area contributed by atoms with Crippen LogP contribution in [-0.4, -0.2) is 57.7 Å². The van der Waals surface area contributed by atoms with Crippen molar-refractivity contribution in [2.24, 2.45) is 5.92 Å². The maximum Gasteiger partial charge on any atom is 0.251 e. The minimum atomic E-state index is 0.00343. The van der Waals surface area contributed by atoms with Gasteiger partial charge in [0.05, 0.1) is 6.54 Å². The topological polar surface area (TPSA) is 75.9 Å². The van der Waals surface area contributed by atoms with Crippen LogP contribution in [0.4, 0.5) is 0 Å². The highest BCUT2D eigenvalue weighted by molar-refractivity contribution is 5.94. The molecule has 3 rings (SSSR count). The van der Waals surface area contributed by atoms with Crippen LogP contribution in [-0.2, 0) is 6.54 Å². The van der Waals surface area contributed by atoms with E-state index in [1.165, 1.54) is 25.7 Å². The van der Waals surface area contributed by atoms with E-state index in [0.29, 0.717) is 24.1 Å². The largest absolute Gasteiger partial charge is 0.352 e. The van der Waals surface area contributed by atoms with Crippen molar-refractivity contribution < 1.29 is 4.79 Å². The van der Waals surface area contributed by atoms with Crippen molar-refractivity contribution in [3.05, 3.63) is 41.7 Å². The first-order valence-corrected chi connectivity index (χ1v) is 8.86. The molecular formula is C18H26N6O. The molecule has 0 bridgehead atoms. The summed E-state index contributed by atoms with van der Waals surface area (Å²) in [5, 5.41) is 14.2. The van der Waals surface area contributed by atoms with Crippen LogP contribution in [0, 0.1) is 5.92 Å². The summed E-state index contributed by atoms with van der Waals surface area (Å²) >= 11 is 0. The molecule has 1 amide bonds. The third-order valence-corrected chi connectivity index (χ3v) is 5.05. The number of rotatable bonds is 6. The zero-order chi connectivity index (χ0) is 17.6. The second kappa shape index (κ2) is 8.20. The minimum absolute atomic E-state index is 0.00343. The Kier molecular flexibility index (Phi) is 5.75. The van der Waals surface area contributed by atoms with E-state index in [1.54, 1.807) is 11.0 Å². The molecule has 25 heavy (non-hydrogen) atoms. The Morgan fingerprint density at radius 1 is 1.20 bits per heavy atom. The van der Waals surface area contributed by atoms with Crippen molar-refractivity contribution in [3.63, 3.8) is 0 Å². The molecule has 7 heteroatoms. The first-order chi connectivity index (χ1) is 12.1. The Morgan fingerprint density at radius 2 is 1.92 bits per heavy atom. The van der Waals surface area contributed by atoms with Gasteiger partial charge in [-0.25, -0.2) is 4.68 Å². The van der Waals surface area contributed by atoms with E-state index >= 15 is 0 Å². The van der Waals surface area contributed by atoms with Crippen LogP contribution in [0.5, 0.6) is 0 Å². The van der Waals surface area contributed by atoms with Crippen LogP contribution in [0.3, 0.4) is 0 Å². The first kappa shape index (κ1) is 17.5. The van der Waals surface area contributed by atoms with Gasteiger partial charge < -0.3 is 10.2 Å². The third kappa shape index (κ3) is 4.85. The van der Waals surface area contributed by atoms with Crippen molar-refractivity contribution in [2.45, 2.75) is 38.3 Å². The lowest BCUT2D eigenvalue weighted by Gasteiger charge is -2.32. The summed E-state index contributed by atoms with van der Waals surface area (Å²) < 4.78 is 1.65. The van der Waals surface area contributed by atoms with Crippen LogP contribution >= 0.6 is 0 Å². The van der Waals surface area contributed by atoms with Gasteiger partial charge in [0.25, 0.3) is 5.91 Å². The monoisotopic (exact) mass is 342 g/mol. The van der Waals surface area contributed by atoms with E-state index < -0.39 is 0 Å². The lowest BCUT2D eigenvalue weighted by atomic mass is 9.85. The molecule has 0 saturated heterocycles. The van der Waals surface area contributed by atoms with Crippen LogP contribution < -0.4 is 5.32 Å². The molecule has 0 unspecified atom stereocenters. The van der Waals surface area contributed by atoms with Gasteiger partial charge in [-0.05, 0) is 73.8 Å². The number of carbonyl (C=O) groups excluding carboxylic acids is 1. The summed E-state index contributed by atoms with van der Waals surface area (Å²) in [6.07, 6.45) is 6.40. The fourth-order valence-corrected chi connectivity index (χ4v) is 3.41. The molecule has 0 atom stereocenters. The van der Waals surface area contributed by atoms with Crippen LogP contribution in [0.25, 0.3) is 0 Å². The van der Waals surface area contributed by atoms with Gasteiger partial charge in [0.1, 0.15) is 6.33 Å². The lowest BCUT2D eigenvalue weighted by Crippen LogP contribution is -2.36. The Balaban J connectivity index is 1.45. The second-order valence-electron chi connectivity index (χ2n) is 7.05. The normalized spacial score (nSPS) is 20.6. The molecule has 1 aliphatic rings. The highest BCUT2D eigenvalue weighted by Crippen LogP contribution is 2.26. The molecule has 1 N–H and O–H groups in total. The fraction of sp³-hybridized carbons (Fsp3) is 0.556. The van der Waals surface area contributed by atoms with Gasteiger partial charge in [-0.1, -0.05) is 12.1 Å². The van der Waals surface area contributed by atoms with E-state index in [9.17, 15) is 4.79 Å². The molecule has 1 aliphatic carbocycles. The molecule has 7 nitrogen and oxygen atoms in total. The predicted molar refractivity (Wildman–Crippen MR) is 95.1 cm³/mol. The highest BCUT2D eigenvalue weighted by Gasteiger charge is 2.22. The molecule has 2 aromatic rings. The first-order valence-electron chi connectivity index (χ1n) is 8.86. The molecular weight excluding hydrogens is 316 g/mol. The maximum atomic E-state index is 12.3. The van der Waals surface area contributed by atoms with Crippen LogP contribution in [0.1, 0.15) is 41.6 Å². The number of tetrazole rings is 1. The van der Waals surface area contributed by atoms with Gasteiger partial charge in [-0.3, -0.25) is 4.79 Å². The number of hydrogen-bond acceptors (Lipinski definition) is 5. The summed E-state index contributed by atoms with van der Waals surface area (Å²) in [5.41, 5.74) is 1.76. The van der Waals surface area contributed by atoms with Crippen molar-refractivity contribution in [3.8, 4) is 0 Å². The van der Waals surface area contributed by atoms with Gasteiger partial charge in [0, 0.05) is 18.2 Å². The third-order valence-electron chi connectivity index (χ3n) is 5.05. The predicted octanol–water partition coefficient (Wildman–Crippen LogP) is 1.57. The number of carbonyl (C=O) groups is 1. The summed E-state index contributed by atoms with van der Waals surface area (Å²) in [6, 6.07) is 8.30. The number of nitrogens with zero attached hydrogens (tertiary/aromatic N) is 5. The van der Waals surface area contributed by atoms with Gasteiger partial charge in [-0.2, -0.15) is 0 Å². The molecule has 1 saturated carbocycles. The quantitative estimate of drug-likeness (QED) is 0.862. The van der Waals surface area contributed by atoms with E-state index in [1.807, 2.05) is 24.3 Å². The molecule has 0 aliphatic heterocycles. The number of benzene rings is 1. The molecule has 134 valence electrons. The van der Waals surface area contributed by atoms with E-state index in [0.717, 1.165) is 12.1 Å². The molecule has 0 spiro atoms. The SMILES string of the molecule is CN(C)C1CCC(CNC(=O)c2ccc(Cn3cnnn3)cc2)CC1. The number of hydrogen-bond donors (Lipinski definition) is 1. The summed E-state index contributed by atoms with van der Waals surface area (Å²) in [6.45, 7) is 1.37. The fourth-order valence-electron chi connectivity index (χ4n) is 3.41. The molecule has 1 aromatic heterocycles. The van der Waals surface area contributed by atoms with E-state index in [2.05, 4.69) is 39.8 Å². The average Bonchev–Trinajstić information content (AvgIpc) is 3.13. The highest BCUT2D eigenvalue weighted by atomic mass is 16.1. The van der Waals surface area contributed by atoms with Gasteiger partial charge >= 0.3 is 0 Å². The van der Waals surface area contributed by atoms with E-state index in [4.69, 9.17) is 0 Å². The number of nitrogens with one attached hydrogen (secondary N) is 1. The Bertz CT molecular complexity index is 659. The Morgan fingerprint density at radius 3 is 2.52 bits per heavy atom. The number of aromatic nitrogens is 4. The summed E-state index contributed by atoms with van der Waals surface area (Å²) in [7, 11) is 4.30.